The highest BCUT2D eigenvalue weighted by molar-refractivity contribution is 6.03. The number of piperazine rings is 1. The topological polar surface area (TPSA) is 68.3 Å². The Hall–Kier alpha value is -4.26. The molecule has 38 heavy (non-hydrogen) atoms. The molecule has 0 spiro atoms. The molecule has 2 fully saturated rings. The molecule has 0 aliphatic carbocycles. The van der Waals surface area contributed by atoms with E-state index in [1.807, 2.05) is 76.5 Å². The molecule has 194 valence electrons. The van der Waals surface area contributed by atoms with E-state index < -0.39 is 0 Å². The van der Waals surface area contributed by atoms with Crippen molar-refractivity contribution in [3.05, 3.63) is 95.1 Å². The first-order valence-corrected chi connectivity index (χ1v) is 12.9. The summed E-state index contributed by atoms with van der Waals surface area (Å²) in [6.07, 6.45) is 2.67. The first kappa shape index (κ1) is 24.1. The number of fused-ring (bicyclic) bond motifs is 2. The van der Waals surface area contributed by atoms with Gasteiger partial charge in [0.2, 0.25) is 18.4 Å². The van der Waals surface area contributed by atoms with Crippen LogP contribution in [-0.4, -0.2) is 60.7 Å². The Morgan fingerprint density at radius 3 is 2.47 bits per heavy atom. The number of hydrogen-bond acceptors (Lipinski definition) is 5. The molecular formula is C31H30N2O5. The monoisotopic (exact) mass is 510 g/mol. The maximum atomic E-state index is 14.1. The lowest BCUT2D eigenvalue weighted by atomic mass is 9.85. The third kappa shape index (κ3) is 4.28. The highest BCUT2D eigenvalue weighted by atomic mass is 16.7. The second kappa shape index (κ2) is 9.89. The maximum Gasteiger partial charge on any atom is 0.250 e. The van der Waals surface area contributed by atoms with Crippen LogP contribution in [0.3, 0.4) is 0 Å². The summed E-state index contributed by atoms with van der Waals surface area (Å²) in [5, 5.41) is 0. The number of methoxy groups -OCH3 is 1. The van der Waals surface area contributed by atoms with Crippen LogP contribution in [0.2, 0.25) is 0 Å². The third-order valence-corrected chi connectivity index (χ3v) is 7.74. The Balaban J connectivity index is 1.43. The number of carbonyl (C=O) groups is 2. The van der Waals surface area contributed by atoms with Gasteiger partial charge in [0, 0.05) is 31.5 Å². The van der Waals surface area contributed by atoms with Gasteiger partial charge in [-0.15, -0.1) is 0 Å². The van der Waals surface area contributed by atoms with Crippen LogP contribution in [-0.2, 0) is 16.0 Å². The van der Waals surface area contributed by atoms with Crippen molar-refractivity contribution in [3.63, 3.8) is 0 Å². The van der Waals surface area contributed by atoms with E-state index in [4.69, 9.17) is 14.2 Å². The van der Waals surface area contributed by atoms with Gasteiger partial charge in [0.1, 0.15) is 0 Å². The molecule has 3 heterocycles. The van der Waals surface area contributed by atoms with E-state index in [0.717, 1.165) is 16.7 Å². The summed E-state index contributed by atoms with van der Waals surface area (Å²) in [5.41, 5.74) is 3.70. The van der Waals surface area contributed by atoms with Crippen LogP contribution in [0.4, 0.5) is 0 Å². The molecule has 3 aromatic carbocycles. The lowest BCUT2D eigenvalue weighted by Gasteiger charge is -2.44. The van der Waals surface area contributed by atoms with E-state index >= 15 is 0 Å². The van der Waals surface area contributed by atoms with Gasteiger partial charge >= 0.3 is 0 Å². The van der Waals surface area contributed by atoms with Crippen LogP contribution in [0, 0.1) is 0 Å². The summed E-state index contributed by atoms with van der Waals surface area (Å²) in [6, 6.07) is 23.6. The van der Waals surface area contributed by atoms with Gasteiger partial charge in [-0.1, -0.05) is 60.7 Å². The number of rotatable bonds is 5. The highest BCUT2D eigenvalue weighted by Gasteiger charge is 2.50. The highest BCUT2D eigenvalue weighted by Crippen LogP contribution is 2.48. The second-order valence-electron chi connectivity index (χ2n) is 9.98. The quantitative estimate of drug-likeness (QED) is 0.480. The SMILES string of the molecule is COc1cc([C@H]2/C(=C/c3ccccc3)C(=O)N3C[C@H](Cc4ccccc4)N(C(C)=O)C[C@H]23)cc2c1OCO2. The van der Waals surface area contributed by atoms with E-state index in [-0.39, 0.29) is 36.6 Å². The van der Waals surface area contributed by atoms with Crippen molar-refractivity contribution in [2.24, 2.45) is 0 Å². The van der Waals surface area contributed by atoms with Crippen LogP contribution in [0.5, 0.6) is 17.2 Å². The number of nitrogens with zero attached hydrogens (tertiary/aromatic N) is 2. The van der Waals surface area contributed by atoms with E-state index in [1.54, 1.807) is 14.0 Å². The molecule has 0 saturated carbocycles. The Morgan fingerprint density at radius 2 is 1.76 bits per heavy atom. The largest absolute Gasteiger partial charge is 0.493 e. The zero-order valence-corrected chi connectivity index (χ0v) is 21.5. The number of amides is 2. The van der Waals surface area contributed by atoms with Crippen molar-refractivity contribution in [2.75, 3.05) is 27.0 Å². The summed E-state index contributed by atoms with van der Waals surface area (Å²) in [5.74, 6) is 1.49. The predicted octanol–water partition coefficient (Wildman–Crippen LogP) is 4.28. The van der Waals surface area contributed by atoms with Crippen molar-refractivity contribution in [1.82, 2.24) is 9.80 Å². The van der Waals surface area contributed by atoms with Gasteiger partial charge in [0.15, 0.2) is 11.5 Å². The van der Waals surface area contributed by atoms with Gasteiger partial charge in [0.05, 0.1) is 19.2 Å². The van der Waals surface area contributed by atoms with Crippen molar-refractivity contribution in [1.29, 1.82) is 0 Å². The van der Waals surface area contributed by atoms with E-state index in [1.165, 1.54) is 0 Å². The summed E-state index contributed by atoms with van der Waals surface area (Å²) >= 11 is 0. The van der Waals surface area contributed by atoms with Crippen molar-refractivity contribution in [3.8, 4) is 17.2 Å². The average Bonchev–Trinajstić information content (AvgIpc) is 3.51. The van der Waals surface area contributed by atoms with Crippen molar-refractivity contribution in [2.45, 2.75) is 31.3 Å². The number of benzene rings is 3. The van der Waals surface area contributed by atoms with E-state index in [9.17, 15) is 9.59 Å². The fraction of sp³-hybridized carbons (Fsp3) is 0.290. The molecule has 0 radical (unpaired) electrons. The first-order valence-electron chi connectivity index (χ1n) is 12.9. The molecular weight excluding hydrogens is 480 g/mol. The lowest BCUT2D eigenvalue weighted by Crippen LogP contribution is -2.59. The molecule has 6 rings (SSSR count). The summed E-state index contributed by atoms with van der Waals surface area (Å²) in [4.78, 5) is 30.8. The van der Waals surface area contributed by atoms with Gasteiger partial charge in [-0.2, -0.15) is 0 Å². The molecule has 7 nitrogen and oxygen atoms in total. The van der Waals surface area contributed by atoms with Gasteiger partial charge < -0.3 is 24.0 Å². The minimum Gasteiger partial charge on any atom is -0.493 e. The number of carbonyl (C=O) groups excluding carboxylic acids is 2. The molecule has 3 atom stereocenters. The zero-order chi connectivity index (χ0) is 26.2. The average molecular weight is 511 g/mol. The first-order chi connectivity index (χ1) is 18.5. The summed E-state index contributed by atoms with van der Waals surface area (Å²) in [7, 11) is 1.60. The Kier molecular flexibility index (Phi) is 6.27. The molecule has 7 heteroatoms. The fourth-order valence-electron chi connectivity index (χ4n) is 5.99. The molecule has 0 bridgehead atoms. The fourth-order valence-corrected chi connectivity index (χ4v) is 5.99. The number of ether oxygens (including phenoxy) is 3. The Labute approximate surface area is 222 Å². The minimum atomic E-state index is -0.273. The van der Waals surface area contributed by atoms with Crippen molar-refractivity contribution < 1.29 is 23.8 Å². The molecule has 3 aliphatic rings. The van der Waals surface area contributed by atoms with Crippen LogP contribution < -0.4 is 14.2 Å². The van der Waals surface area contributed by atoms with Crippen LogP contribution in [0.1, 0.15) is 29.5 Å². The minimum absolute atomic E-state index is 0.00162. The maximum absolute atomic E-state index is 14.1. The van der Waals surface area contributed by atoms with Gasteiger partial charge in [-0.3, -0.25) is 9.59 Å². The molecule has 3 aliphatic heterocycles. The van der Waals surface area contributed by atoms with Gasteiger partial charge in [-0.05, 0) is 41.3 Å². The second-order valence-corrected chi connectivity index (χ2v) is 9.98. The molecule has 2 saturated heterocycles. The molecule has 2 amide bonds. The lowest BCUT2D eigenvalue weighted by molar-refractivity contribution is -0.140. The van der Waals surface area contributed by atoms with E-state index in [2.05, 4.69) is 12.1 Å². The third-order valence-electron chi connectivity index (χ3n) is 7.74. The summed E-state index contributed by atoms with van der Waals surface area (Å²) < 4.78 is 17.0. The van der Waals surface area contributed by atoms with Crippen LogP contribution in [0.15, 0.2) is 78.4 Å². The Morgan fingerprint density at radius 1 is 1.03 bits per heavy atom. The van der Waals surface area contributed by atoms with Gasteiger partial charge in [0.25, 0.3) is 5.91 Å². The molecule has 0 unspecified atom stereocenters. The van der Waals surface area contributed by atoms with Crippen LogP contribution >= 0.6 is 0 Å². The number of hydrogen-bond donors (Lipinski definition) is 0. The molecule has 0 aromatic heterocycles. The normalized spacial score (nSPS) is 23.1. The van der Waals surface area contributed by atoms with Gasteiger partial charge in [-0.25, -0.2) is 0 Å². The predicted molar refractivity (Wildman–Crippen MR) is 143 cm³/mol. The standard InChI is InChI=1S/C31H30N2O5/c1-20(34)32-18-26-29(23-15-27(36-2)30-28(16-23)37-19-38-30)25(14-22-11-7-4-8-12-22)31(35)33(26)17-24(32)13-21-9-5-3-6-10-21/h3-12,14-16,24,26,29H,13,17-19H2,1-2H3/b25-14-/t24-,26+,29-/m0/s1. The Bertz CT molecular complexity index is 1390. The molecule has 3 aromatic rings. The summed E-state index contributed by atoms with van der Waals surface area (Å²) in [6.45, 7) is 2.67. The van der Waals surface area contributed by atoms with Crippen molar-refractivity contribution >= 4 is 17.9 Å². The zero-order valence-electron chi connectivity index (χ0n) is 21.5. The smallest absolute Gasteiger partial charge is 0.250 e. The molecule has 0 N–H and O–H groups in total. The van der Waals surface area contributed by atoms with Crippen LogP contribution in [0.25, 0.3) is 6.08 Å². The van der Waals surface area contributed by atoms with E-state index in [0.29, 0.717) is 42.3 Å².